The minimum Gasteiger partial charge on any atom is -0.455 e. The Morgan fingerprint density at radius 1 is 1.07 bits per heavy atom. The van der Waals surface area contributed by atoms with E-state index < -0.39 is 95.0 Å². The van der Waals surface area contributed by atoms with Gasteiger partial charge in [0.05, 0.1) is 36.0 Å². The lowest BCUT2D eigenvalue weighted by Crippen LogP contribution is -2.61. The van der Waals surface area contributed by atoms with Gasteiger partial charge in [-0.05, 0) is 90.9 Å². The molecule has 3 aliphatic heterocycles. The number of alkyl halides is 1. The molecule has 5 rings (SSSR count). The Morgan fingerprint density at radius 2 is 1.78 bits per heavy atom. The molecule has 4 heterocycles. The van der Waals surface area contributed by atoms with Crippen LogP contribution >= 0.6 is 0 Å². The Labute approximate surface area is 339 Å². The minimum absolute atomic E-state index is 0.0807. The molecule has 1 aromatic heterocycles. The highest BCUT2D eigenvalue weighted by atomic mass is 19.1. The standard InChI is InChI=1S/C43H59F2N3O10/c1-11-13-32-43(8)35(47-40(53)58-43)25(4)33(49)23(2)21-41(6,54-17-12-14-27-19-28-20-29(44)15-16-30(28)46-22-27)37(26(5)36(51)42(7,45)39(52)56-32)57-38-34(50)31(48(9)10)18-24(3)55-38/h12,14-16,19-20,22-26,31-32,34-35,37-38,50H,11,13,17-18,21H2,1-10H3,(H,47,53)/b14-12+/t23-,24-,25+,26+,31+,32-,34-,35+,37-,38+,41-,42+,43-/m1/s1. The molecule has 2 aromatic rings. The summed E-state index contributed by atoms with van der Waals surface area (Å²) in [4.78, 5) is 61.8. The van der Waals surface area contributed by atoms with Gasteiger partial charge in [0.15, 0.2) is 17.7 Å². The van der Waals surface area contributed by atoms with Crippen molar-refractivity contribution in [1.82, 2.24) is 15.2 Å². The molecule has 0 aliphatic carbocycles. The summed E-state index contributed by atoms with van der Waals surface area (Å²) < 4.78 is 61.8. The van der Waals surface area contributed by atoms with Crippen LogP contribution in [0.2, 0.25) is 0 Å². The number of ketones is 2. The number of pyridine rings is 1. The van der Waals surface area contributed by atoms with Crippen LogP contribution < -0.4 is 5.32 Å². The fourth-order valence-corrected chi connectivity index (χ4v) is 8.88. The fraction of sp³-hybridized carbons (Fsp3) is 0.651. The number of likely N-dealkylation sites (N-methyl/N-ethyl adjacent to an activating group) is 1. The lowest BCUT2D eigenvalue weighted by atomic mass is 9.73. The van der Waals surface area contributed by atoms with Crippen molar-refractivity contribution >= 4 is 40.6 Å². The number of carbonyl (C=O) groups excluding carboxylic acids is 4. The fourth-order valence-electron chi connectivity index (χ4n) is 8.88. The molecule has 0 bridgehead atoms. The van der Waals surface area contributed by atoms with Crippen LogP contribution in [0.3, 0.4) is 0 Å². The molecule has 3 fully saturated rings. The number of hydrogen-bond donors (Lipinski definition) is 2. The SMILES string of the molecule is CCC[C@H]1OC(=O)[C@@](C)(F)C(=O)[C@H](C)[C@@H](O[C@@H]2O[C@H](C)C[C@H](N(C)C)[C@H]2O)[C@](C)(OC/C=C/c2cnc3ccc(F)cc3c2)C[C@@H](C)C(=O)[C@H](C)[C@@H]2NC(=O)O[C@]12C. The highest BCUT2D eigenvalue weighted by Gasteiger charge is 2.59. The predicted octanol–water partition coefficient (Wildman–Crippen LogP) is 5.73. The highest BCUT2D eigenvalue weighted by molar-refractivity contribution is 6.08. The maximum atomic E-state index is 17.0. The Kier molecular flexibility index (Phi) is 13.8. The Hall–Kier alpha value is -3.89. The molecule has 0 radical (unpaired) electrons. The number of nitrogens with zero attached hydrogens (tertiary/aromatic N) is 2. The number of hydrogen-bond acceptors (Lipinski definition) is 12. The van der Waals surface area contributed by atoms with Gasteiger partial charge < -0.3 is 39.0 Å². The third kappa shape index (κ3) is 9.28. The zero-order valence-corrected chi connectivity index (χ0v) is 35.1. The van der Waals surface area contributed by atoms with Crippen molar-refractivity contribution < 1.29 is 56.7 Å². The number of aromatic nitrogens is 1. The number of alkyl carbamates (subject to hydrolysis) is 1. The smallest absolute Gasteiger partial charge is 0.408 e. The molecular formula is C43H59F2N3O10. The van der Waals surface area contributed by atoms with Crippen LogP contribution in [0, 0.1) is 23.6 Å². The van der Waals surface area contributed by atoms with Gasteiger partial charge in [0.25, 0.3) is 5.67 Å². The van der Waals surface area contributed by atoms with Gasteiger partial charge in [0, 0.05) is 35.4 Å². The van der Waals surface area contributed by atoms with Gasteiger partial charge in [-0.1, -0.05) is 46.3 Å². The van der Waals surface area contributed by atoms with E-state index in [0.717, 1.165) is 6.92 Å². The number of cyclic esters (lactones) is 1. The first-order chi connectivity index (χ1) is 27.1. The van der Waals surface area contributed by atoms with Gasteiger partial charge in [-0.3, -0.25) is 14.6 Å². The summed E-state index contributed by atoms with van der Waals surface area (Å²) in [6, 6.07) is 4.65. The maximum absolute atomic E-state index is 17.0. The van der Waals surface area contributed by atoms with Crippen molar-refractivity contribution in [2.45, 2.75) is 141 Å². The largest absolute Gasteiger partial charge is 0.455 e. The second-order valence-electron chi connectivity index (χ2n) is 17.1. The normalized spacial score (nSPS) is 38.0. The van der Waals surface area contributed by atoms with E-state index in [9.17, 15) is 28.7 Å². The van der Waals surface area contributed by atoms with Gasteiger partial charge in [0.1, 0.15) is 23.8 Å². The first-order valence-electron chi connectivity index (χ1n) is 20.1. The summed E-state index contributed by atoms with van der Waals surface area (Å²) in [5, 5.41) is 14.9. The van der Waals surface area contributed by atoms with Crippen LogP contribution in [0.15, 0.2) is 36.5 Å². The molecule has 15 heteroatoms. The lowest BCUT2D eigenvalue weighted by molar-refractivity contribution is -0.297. The van der Waals surface area contributed by atoms with Crippen LogP contribution in [0.25, 0.3) is 17.0 Å². The molecule has 2 N–H and O–H groups in total. The van der Waals surface area contributed by atoms with Gasteiger partial charge in [-0.15, -0.1) is 0 Å². The van der Waals surface area contributed by atoms with E-state index in [4.69, 9.17) is 23.7 Å². The third-order valence-corrected chi connectivity index (χ3v) is 12.1. The first kappa shape index (κ1) is 45.2. The highest BCUT2D eigenvalue weighted by Crippen LogP contribution is 2.41. The van der Waals surface area contributed by atoms with Crippen LogP contribution in [0.1, 0.15) is 86.6 Å². The number of halogens is 2. The predicted molar refractivity (Wildman–Crippen MR) is 211 cm³/mol. The molecule has 3 saturated heterocycles. The quantitative estimate of drug-likeness (QED) is 0.234. The zero-order valence-electron chi connectivity index (χ0n) is 35.1. The van der Waals surface area contributed by atoms with Gasteiger partial charge in [-0.2, -0.15) is 0 Å². The number of Topliss-reactive ketones (excluding diaryl/α,β-unsaturated/α-hetero) is 2. The topological polar surface area (TPSA) is 163 Å². The van der Waals surface area contributed by atoms with E-state index in [1.54, 1.807) is 65.3 Å². The van der Waals surface area contributed by atoms with Crippen molar-refractivity contribution in [1.29, 1.82) is 0 Å². The van der Waals surface area contributed by atoms with Crippen LogP contribution in [-0.4, -0.2) is 119 Å². The second kappa shape index (κ2) is 17.8. The second-order valence-corrected chi connectivity index (χ2v) is 17.1. The average Bonchev–Trinajstić information content (AvgIpc) is 3.48. The summed E-state index contributed by atoms with van der Waals surface area (Å²) in [7, 11) is 3.61. The monoisotopic (exact) mass is 815 g/mol. The number of rotatable bonds is 9. The van der Waals surface area contributed by atoms with Gasteiger partial charge in [0.2, 0.25) is 0 Å². The minimum atomic E-state index is -3.22. The molecular weight excluding hydrogens is 756 g/mol. The number of fused-ring (bicyclic) bond motifs is 2. The number of benzene rings is 1. The molecule has 13 atom stereocenters. The maximum Gasteiger partial charge on any atom is 0.408 e. The number of nitrogens with one attached hydrogen (secondary N) is 1. The molecule has 0 unspecified atom stereocenters. The molecule has 0 saturated carbocycles. The molecule has 1 amide bonds. The number of ether oxygens (including phenoxy) is 5. The van der Waals surface area contributed by atoms with Crippen molar-refractivity contribution in [2.75, 3.05) is 20.7 Å². The number of aliphatic hydroxyl groups excluding tert-OH is 1. The van der Waals surface area contributed by atoms with E-state index >= 15 is 4.39 Å². The van der Waals surface area contributed by atoms with Gasteiger partial charge >= 0.3 is 12.1 Å². The Bertz CT molecular complexity index is 1880. The van der Waals surface area contributed by atoms with E-state index in [1.165, 1.54) is 26.0 Å². The van der Waals surface area contributed by atoms with Crippen molar-refractivity contribution in [3.8, 4) is 0 Å². The number of esters is 1. The molecule has 58 heavy (non-hydrogen) atoms. The van der Waals surface area contributed by atoms with Crippen molar-refractivity contribution in [2.24, 2.45) is 17.8 Å². The van der Waals surface area contributed by atoms with Crippen molar-refractivity contribution in [3.63, 3.8) is 0 Å². The van der Waals surface area contributed by atoms with E-state index in [-0.39, 0.29) is 31.3 Å². The summed E-state index contributed by atoms with van der Waals surface area (Å²) in [6.07, 6.45) is -0.384. The number of aliphatic hydroxyl groups is 1. The number of carbonyl (C=O) groups is 4. The summed E-state index contributed by atoms with van der Waals surface area (Å²) in [5.41, 5.74) is -5.14. The van der Waals surface area contributed by atoms with Gasteiger partial charge in [-0.25, -0.2) is 18.4 Å². The molecule has 0 spiro atoms. The summed E-state index contributed by atoms with van der Waals surface area (Å²) >= 11 is 0. The third-order valence-electron chi connectivity index (χ3n) is 12.1. The van der Waals surface area contributed by atoms with E-state index in [0.29, 0.717) is 29.3 Å². The molecule has 320 valence electrons. The lowest BCUT2D eigenvalue weighted by Gasteiger charge is -2.47. The molecule has 13 nitrogen and oxygen atoms in total. The summed E-state index contributed by atoms with van der Waals surface area (Å²) in [6.45, 7) is 12.3. The van der Waals surface area contributed by atoms with E-state index in [2.05, 4.69) is 10.3 Å². The van der Waals surface area contributed by atoms with Crippen molar-refractivity contribution in [3.05, 3.63) is 47.9 Å². The Morgan fingerprint density at radius 3 is 2.45 bits per heavy atom. The molecule has 1 aromatic carbocycles. The first-order valence-corrected chi connectivity index (χ1v) is 20.1. The van der Waals surface area contributed by atoms with Crippen LogP contribution in [0.4, 0.5) is 13.6 Å². The molecule has 3 aliphatic rings. The van der Waals surface area contributed by atoms with Crippen LogP contribution in [-0.2, 0) is 38.1 Å². The zero-order chi connectivity index (χ0) is 42.9. The van der Waals surface area contributed by atoms with Crippen LogP contribution in [0.5, 0.6) is 0 Å². The average molecular weight is 816 g/mol. The Balaban J connectivity index is 1.59. The van der Waals surface area contributed by atoms with E-state index in [1.807, 2.05) is 18.7 Å². The number of amides is 1. The summed E-state index contributed by atoms with van der Waals surface area (Å²) in [5.74, 6) is -6.51.